The van der Waals surface area contributed by atoms with Gasteiger partial charge in [-0.15, -0.1) is 0 Å². The fraction of sp³-hybridized carbons (Fsp3) is 0.923. The summed E-state index contributed by atoms with van der Waals surface area (Å²) in [5.74, 6) is 2.32. The van der Waals surface area contributed by atoms with Gasteiger partial charge >= 0.3 is 6.03 Å². The molecule has 5 heteroatoms. The zero-order valence-corrected chi connectivity index (χ0v) is 12.5. The topological polar surface area (TPSA) is 61.4 Å². The normalized spacial score (nSPS) is 26.7. The van der Waals surface area contributed by atoms with E-state index in [1.165, 1.54) is 0 Å². The van der Waals surface area contributed by atoms with Crippen LogP contribution in [0.3, 0.4) is 0 Å². The molecule has 4 nitrogen and oxygen atoms in total. The summed E-state index contributed by atoms with van der Waals surface area (Å²) in [5, 5.41) is 15.8. The molecule has 106 valence electrons. The van der Waals surface area contributed by atoms with Crippen LogP contribution in [0, 0.1) is 5.92 Å². The van der Waals surface area contributed by atoms with Crippen molar-refractivity contribution in [2.75, 3.05) is 18.1 Å². The van der Waals surface area contributed by atoms with E-state index in [9.17, 15) is 9.90 Å². The van der Waals surface area contributed by atoms with Crippen molar-refractivity contribution in [2.24, 2.45) is 5.92 Å². The van der Waals surface area contributed by atoms with Gasteiger partial charge in [0.25, 0.3) is 0 Å². The quantitative estimate of drug-likeness (QED) is 0.694. The van der Waals surface area contributed by atoms with Crippen LogP contribution >= 0.6 is 11.8 Å². The van der Waals surface area contributed by atoms with E-state index < -0.39 is 5.60 Å². The van der Waals surface area contributed by atoms with Gasteiger partial charge in [0.05, 0.1) is 5.60 Å². The summed E-state index contributed by atoms with van der Waals surface area (Å²) < 4.78 is 0. The molecule has 0 aromatic heterocycles. The van der Waals surface area contributed by atoms with Crippen molar-refractivity contribution in [3.63, 3.8) is 0 Å². The van der Waals surface area contributed by atoms with Gasteiger partial charge in [-0.2, -0.15) is 11.8 Å². The highest BCUT2D eigenvalue weighted by Gasteiger charge is 2.31. The van der Waals surface area contributed by atoms with Crippen LogP contribution in [-0.4, -0.2) is 40.8 Å². The molecule has 1 fully saturated rings. The Morgan fingerprint density at radius 3 is 2.78 bits per heavy atom. The summed E-state index contributed by atoms with van der Waals surface area (Å²) in [6, 6.07) is 0.00340. The Labute approximate surface area is 114 Å². The molecule has 1 saturated heterocycles. The molecular formula is C13H26N2O2S. The number of nitrogens with one attached hydrogen (secondary N) is 2. The molecule has 0 bridgehead atoms. The number of aliphatic hydroxyl groups is 1. The minimum atomic E-state index is -0.706. The van der Waals surface area contributed by atoms with Gasteiger partial charge in [0, 0.05) is 18.3 Å². The van der Waals surface area contributed by atoms with Crippen LogP contribution < -0.4 is 10.6 Å². The number of amides is 2. The van der Waals surface area contributed by atoms with Crippen molar-refractivity contribution in [1.82, 2.24) is 10.6 Å². The Kier molecular flexibility index (Phi) is 6.29. The first kappa shape index (κ1) is 15.6. The summed E-state index contributed by atoms with van der Waals surface area (Å²) in [6.07, 6.45) is 2.88. The molecule has 0 aromatic carbocycles. The Morgan fingerprint density at radius 2 is 2.22 bits per heavy atom. The number of rotatable bonds is 6. The van der Waals surface area contributed by atoms with E-state index >= 15 is 0 Å². The summed E-state index contributed by atoms with van der Waals surface area (Å²) in [4.78, 5) is 11.7. The first-order valence-electron chi connectivity index (χ1n) is 6.79. The fourth-order valence-electron chi connectivity index (χ4n) is 2.08. The van der Waals surface area contributed by atoms with Crippen molar-refractivity contribution >= 4 is 17.8 Å². The lowest BCUT2D eigenvalue weighted by molar-refractivity contribution is 0.0698. The Morgan fingerprint density at radius 1 is 1.50 bits per heavy atom. The van der Waals surface area contributed by atoms with Gasteiger partial charge in [-0.3, -0.25) is 0 Å². The van der Waals surface area contributed by atoms with Crippen LogP contribution in [0.15, 0.2) is 0 Å². The SMILES string of the molecule is CCC(C)CC(C)NC(=O)NCC1(O)CCSC1. The van der Waals surface area contributed by atoms with Gasteiger partial charge in [-0.1, -0.05) is 20.3 Å². The average molecular weight is 274 g/mol. The first-order chi connectivity index (χ1) is 8.45. The van der Waals surface area contributed by atoms with Crippen molar-refractivity contribution in [1.29, 1.82) is 0 Å². The maximum Gasteiger partial charge on any atom is 0.315 e. The van der Waals surface area contributed by atoms with E-state index in [1.807, 2.05) is 6.92 Å². The molecule has 0 radical (unpaired) electrons. The third-order valence-electron chi connectivity index (χ3n) is 3.49. The van der Waals surface area contributed by atoms with Crippen LogP contribution in [0.2, 0.25) is 0 Å². The number of hydrogen-bond donors (Lipinski definition) is 3. The highest BCUT2D eigenvalue weighted by Crippen LogP contribution is 2.26. The highest BCUT2D eigenvalue weighted by molar-refractivity contribution is 7.99. The second-order valence-electron chi connectivity index (χ2n) is 5.50. The van der Waals surface area contributed by atoms with Crippen LogP contribution in [0.4, 0.5) is 4.79 Å². The van der Waals surface area contributed by atoms with Crippen LogP contribution in [0.1, 0.15) is 40.0 Å². The zero-order valence-electron chi connectivity index (χ0n) is 11.7. The molecule has 1 heterocycles. The lowest BCUT2D eigenvalue weighted by atomic mass is 10.0. The minimum Gasteiger partial charge on any atom is -0.387 e. The number of thioether (sulfide) groups is 1. The fourth-order valence-corrected chi connectivity index (χ4v) is 3.38. The number of carbonyl (C=O) groups is 1. The predicted octanol–water partition coefficient (Wildman–Crippen LogP) is 1.98. The molecule has 2 amide bonds. The van der Waals surface area contributed by atoms with Crippen LogP contribution in [0.5, 0.6) is 0 Å². The molecule has 3 N–H and O–H groups in total. The van der Waals surface area contributed by atoms with E-state index in [2.05, 4.69) is 24.5 Å². The molecule has 1 aliphatic rings. The predicted molar refractivity (Wildman–Crippen MR) is 77.0 cm³/mol. The Bertz CT molecular complexity index is 268. The van der Waals surface area contributed by atoms with Gasteiger partial charge in [-0.25, -0.2) is 4.79 Å². The summed E-state index contributed by atoms with van der Waals surface area (Å²) >= 11 is 1.74. The van der Waals surface area contributed by atoms with Crippen molar-refractivity contribution in [3.8, 4) is 0 Å². The molecule has 18 heavy (non-hydrogen) atoms. The Hall–Kier alpha value is -0.420. The summed E-state index contributed by atoms with van der Waals surface area (Å²) in [7, 11) is 0. The molecular weight excluding hydrogens is 248 g/mol. The van der Waals surface area contributed by atoms with Crippen molar-refractivity contribution in [3.05, 3.63) is 0 Å². The summed E-state index contributed by atoms with van der Waals surface area (Å²) in [6.45, 7) is 6.72. The molecule has 0 spiro atoms. The molecule has 0 aliphatic carbocycles. The maximum atomic E-state index is 11.7. The third-order valence-corrected chi connectivity index (χ3v) is 4.73. The van der Waals surface area contributed by atoms with E-state index in [0.29, 0.717) is 12.5 Å². The van der Waals surface area contributed by atoms with E-state index in [0.717, 1.165) is 30.8 Å². The van der Waals surface area contributed by atoms with Gasteiger partial charge in [0.2, 0.25) is 0 Å². The molecule has 0 aromatic rings. The van der Waals surface area contributed by atoms with Crippen LogP contribution in [0.25, 0.3) is 0 Å². The van der Waals surface area contributed by atoms with Gasteiger partial charge < -0.3 is 15.7 Å². The molecule has 1 rings (SSSR count). The van der Waals surface area contributed by atoms with E-state index in [1.54, 1.807) is 11.8 Å². The van der Waals surface area contributed by atoms with E-state index in [-0.39, 0.29) is 12.1 Å². The minimum absolute atomic E-state index is 0.170. The molecule has 3 atom stereocenters. The largest absolute Gasteiger partial charge is 0.387 e. The second kappa shape index (κ2) is 7.24. The smallest absolute Gasteiger partial charge is 0.315 e. The van der Waals surface area contributed by atoms with Crippen LogP contribution in [-0.2, 0) is 0 Å². The van der Waals surface area contributed by atoms with Gasteiger partial charge in [-0.05, 0) is 31.4 Å². The summed E-state index contributed by atoms with van der Waals surface area (Å²) in [5.41, 5.74) is -0.706. The second-order valence-corrected chi connectivity index (χ2v) is 6.61. The number of carbonyl (C=O) groups excluding carboxylic acids is 1. The monoisotopic (exact) mass is 274 g/mol. The lowest BCUT2D eigenvalue weighted by Crippen LogP contribution is -2.48. The van der Waals surface area contributed by atoms with Crippen molar-refractivity contribution in [2.45, 2.75) is 51.7 Å². The lowest BCUT2D eigenvalue weighted by Gasteiger charge is -2.23. The molecule has 0 saturated carbocycles. The van der Waals surface area contributed by atoms with Crippen molar-refractivity contribution < 1.29 is 9.90 Å². The average Bonchev–Trinajstić information content (AvgIpc) is 2.74. The molecule has 1 aliphatic heterocycles. The zero-order chi connectivity index (χ0) is 13.6. The van der Waals surface area contributed by atoms with E-state index in [4.69, 9.17) is 0 Å². The Balaban J connectivity index is 2.20. The number of urea groups is 1. The van der Waals surface area contributed by atoms with Gasteiger partial charge in [0.15, 0.2) is 0 Å². The number of hydrogen-bond acceptors (Lipinski definition) is 3. The molecule has 3 unspecified atom stereocenters. The van der Waals surface area contributed by atoms with Gasteiger partial charge in [0.1, 0.15) is 0 Å². The third kappa shape index (κ3) is 5.48. The first-order valence-corrected chi connectivity index (χ1v) is 7.95. The standard InChI is InChI=1S/C13H26N2O2S/c1-4-10(2)7-11(3)15-12(16)14-8-13(17)5-6-18-9-13/h10-11,17H,4-9H2,1-3H3,(H2,14,15,16). The maximum absolute atomic E-state index is 11.7. The highest BCUT2D eigenvalue weighted by atomic mass is 32.2.